The summed E-state index contributed by atoms with van der Waals surface area (Å²) in [6.45, 7) is 5.19. The molecule has 1 N–H and O–H groups in total. The number of hydrogen-bond donors (Lipinski definition) is 1. The number of nitro benzene ring substituents is 1. The summed E-state index contributed by atoms with van der Waals surface area (Å²) in [5.74, 6) is -0.479. The van der Waals surface area contributed by atoms with Crippen LogP contribution in [-0.4, -0.2) is 35.9 Å². The Labute approximate surface area is 122 Å². The maximum absolute atomic E-state index is 13.7. The minimum atomic E-state index is -0.746. The third-order valence-corrected chi connectivity index (χ3v) is 4.06. The molecule has 0 saturated carbocycles. The van der Waals surface area contributed by atoms with Crippen molar-refractivity contribution in [2.24, 2.45) is 11.8 Å². The number of anilines is 1. The van der Waals surface area contributed by atoms with Gasteiger partial charge in [0.25, 0.3) is 11.6 Å². The zero-order chi connectivity index (χ0) is 15.7. The maximum Gasteiger partial charge on any atom is 0.285 e. The number of carbonyl (C=O) groups excluding carboxylic acids is 1. The first-order chi connectivity index (χ1) is 9.85. The highest BCUT2D eigenvalue weighted by atomic mass is 19.1. The summed E-state index contributed by atoms with van der Waals surface area (Å²) in [6, 6.07) is 2.01. The van der Waals surface area contributed by atoms with Gasteiger partial charge in [0.1, 0.15) is 5.56 Å². The lowest BCUT2D eigenvalue weighted by Gasteiger charge is -2.17. The van der Waals surface area contributed by atoms with Crippen LogP contribution in [0.3, 0.4) is 0 Å². The van der Waals surface area contributed by atoms with Gasteiger partial charge in [-0.15, -0.1) is 0 Å². The van der Waals surface area contributed by atoms with E-state index in [0.29, 0.717) is 24.9 Å². The summed E-state index contributed by atoms with van der Waals surface area (Å²) in [6.07, 6.45) is 0. The predicted octanol–water partition coefficient (Wildman–Crippen LogP) is 2.50. The van der Waals surface area contributed by atoms with Gasteiger partial charge in [0.2, 0.25) is 0 Å². The number of halogens is 1. The van der Waals surface area contributed by atoms with Crippen molar-refractivity contribution < 1.29 is 14.1 Å². The third-order valence-electron chi connectivity index (χ3n) is 4.06. The van der Waals surface area contributed by atoms with E-state index >= 15 is 0 Å². The van der Waals surface area contributed by atoms with Crippen LogP contribution in [0.4, 0.5) is 15.8 Å². The van der Waals surface area contributed by atoms with Gasteiger partial charge in [0.15, 0.2) is 5.82 Å². The van der Waals surface area contributed by atoms with E-state index in [4.69, 9.17) is 0 Å². The highest BCUT2D eigenvalue weighted by Crippen LogP contribution is 2.30. The molecule has 0 aliphatic carbocycles. The average molecular weight is 295 g/mol. The maximum atomic E-state index is 13.7. The fourth-order valence-electron chi connectivity index (χ4n) is 2.54. The van der Waals surface area contributed by atoms with Crippen LogP contribution in [0, 0.1) is 27.8 Å². The first kappa shape index (κ1) is 15.2. The van der Waals surface area contributed by atoms with Crippen LogP contribution < -0.4 is 5.32 Å². The molecular weight excluding hydrogens is 277 g/mol. The molecular formula is C14H18FN3O3. The number of nitrogens with zero attached hydrogens (tertiary/aromatic N) is 2. The van der Waals surface area contributed by atoms with Crippen molar-refractivity contribution >= 4 is 17.3 Å². The number of rotatable bonds is 3. The van der Waals surface area contributed by atoms with Crippen LogP contribution in [0.1, 0.15) is 24.2 Å². The molecule has 0 bridgehead atoms. The third kappa shape index (κ3) is 2.81. The van der Waals surface area contributed by atoms with Crippen LogP contribution in [0.15, 0.2) is 12.1 Å². The molecule has 1 fully saturated rings. The average Bonchev–Trinajstić information content (AvgIpc) is 2.77. The molecule has 1 aromatic rings. The highest BCUT2D eigenvalue weighted by Gasteiger charge is 2.33. The summed E-state index contributed by atoms with van der Waals surface area (Å²) < 4.78 is 13.7. The zero-order valence-corrected chi connectivity index (χ0v) is 12.2. The SMILES string of the molecule is CNc1cc(C(=O)N2CC(C)C(C)C2)c([N+](=O)[O-])cc1F. The number of carbonyl (C=O) groups is 1. The molecule has 6 nitrogen and oxygen atoms in total. The quantitative estimate of drug-likeness (QED) is 0.686. The van der Waals surface area contributed by atoms with E-state index in [0.717, 1.165) is 6.07 Å². The molecule has 2 atom stereocenters. The minimum Gasteiger partial charge on any atom is -0.386 e. The van der Waals surface area contributed by atoms with Gasteiger partial charge < -0.3 is 10.2 Å². The summed E-state index contributed by atoms with van der Waals surface area (Å²) in [5.41, 5.74) is -0.500. The second-order valence-electron chi connectivity index (χ2n) is 5.52. The number of hydrogen-bond acceptors (Lipinski definition) is 4. The first-order valence-corrected chi connectivity index (χ1v) is 6.80. The van der Waals surface area contributed by atoms with E-state index in [1.807, 2.05) is 13.8 Å². The Kier molecular flexibility index (Phi) is 4.11. The van der Waals surface area contributed by atoms with Gasteiger partial charge in [0.05, 0.1) is 16.7 Å². The molecule has 1 amide bonds. The van der Waals surface area contributed by atoms with Crippen molar-refractivity contribution in [3.8, 4) is 0 Å². The van der Waals surface area contributed by atoms with Crippen LogP contribution in [-0.2, 0) is 0 Å². The molecule has 0 spiro atoms. The van der Waals surface area contributed by atoms with Gasteiger partial charge in [-0.25, -0.2) is 4.39 Å². The minimum absolute atomic E-state index is 0.0734. The summed E-state index contributed by atoms with van der Waals surface area (Å²) >= 11 is 0. The number of amides is 1. The smallest absolute Gasteiger partial charge is 0.285 e. The van der Waals surface area contributed by atoms with Crippen molar-refractivity contribution in [2.45, 2.75) is 13.8 Å². The van der Waals surface area contributed by atoms with E-state index < -0.39 is 22.3 Å². The molecule has 7 heteroatoms. The Balaban J connectivity index is 2.42. The van der Waals surface area contributed by atoms with Gasteiger partial charge in [0, 0.05) is 20.1 Å². The molecule has 1 saturated heterocycles. The van der Waals surface area contributed by atoms with Gasteiger partial charge in [-0.1, -0.05) is 13.8 Å². The molecule has 0 aromatic heterocycles. The second-order valence-corrected chi connectivity index (χ2v) is 5.52. The Bertz CT molecular complexity index is 581. The van der Waals surface area contributed by atoms with Gasteiger partial charge in [-0.05, 0) is 17.9 Å². The lowest BCUT2D eigenvalue weighted by atomic mass is 10.0. The van der Waals surface area contributed by atoms with Crippen molar-refractivity contribution in [3.63, 3.8) is 0 Å². The summed E-state index contributed by atoms with van der Waals surface area (Å²) in [7, 11) is 1.50. The molecule has 1 aliphatic heterocycles. The summed E-state index contributed by atoms with van der Waals surface area (Å²) in [5, 5.41) is 13.7. The number of likely N-dealkylation sites (tertiary alicyclic amines) is 1. The number of benzene rings is 1. The lowest BCUT2D eigenvalue weighted by molar-refractivity contribution is -0.385. The summed E-state index contributed by atoms with van der Waals surface area (Å²) in [4.78, 5) is 24.5. The van der Waals surface area contributed by atoms with Crippen molar-refractivity contribution in [2.75, 3.05) is 25.5 Å². The second kappa shape index (κ2) is 5.67. The molecule has 21 heavy (non-hydrogen) atoms. The standard InChI is InChI=1S/C14H18FN3O3/c1-8-6-17(7-9(8)2)14(19)10-4-12(16-3)11(15)5-13(10)18(20)21/h4-5,8-9,16H,6-7H2,1-3H3. The Morgan fingerprint density at radius 2 is 1.95 bits per heavy atom. The van der Waals surface area contributed by atoms with Gasteiger partial charge in [-0.2, -0.15) is 0 Å². The van der Waals surface area contributed by atoms with Crippen LogP contribution in [0.25, 0.3) is 0 Å². The zero-order valence-electron chi connectivity index (χ0n) is 12.2. The van der Waals surface area contributed by atoms with Crippen molar-refractivity contribution in [1.82, 2.24) is 4.90 Å². The van der Waals surface area contributed by atoms with Crippen molar-refractivity contribution in [1.29, 1.82) is 0 Å². The van der Waals surface area contributed by atoms with E-state index in [1.165, 1.54) is 13.1 Å². The number of nitrogens with one attached hydrogen (secondary N) is 1. The molecule has 0 radical (unpaired) electrons. The Hall–Kier alpha value is -2.18. The van der Waals surface area contributed by atoms with E-state index in [-0.39, 0.29) is 11.3 Å². The fraction of sp³-hybridized carbons (Fsp3) is 0.500. The van der Waals surface area contributed by atoms with Crippen LogP contribution in [0.5, 0.6) is 0 Å². The topological polar surface area (TPSA) is 75.5 Å². The fourth-order valence-corrected chi connectivity index (χ4v) is 2.54. The lowest BCUT2D eigenvalue weighted by Crippen LogP contribution is -2.29. The van der Waals surface area contributed by atoms with Crippen LogP contribution >= 0.6 is 0 Å². The Morgan fingerprint density at radius 3 is 2.43 bits per heavy atom. The van der Waals surface area contributed by atoms with E-state index in [1.54, 1.807) is 4.90 Å². The molecule has 114 valence electrons. The molecule has 1 aromatic carbocycles. The normalized spacial score (nSPS) is 21.4. The predicted molar refractivity (Wildman–Crippen MR) is 76.8 cm³/mol. The van der Waals surface area contributed by atoms with Gasteiger partial charge in [-0.3, -0.25) is 14.9 Å². The van der Waals surface area contributed by atoms with E-state index in [9.17, 15) is 19.3 Å². The van der Waals surface area contributed by atoms with Crippen LogP contribution in [0.2, 0.25) is 0 Å². The first-order valence-electron chi connectivity index (χ1n) is 6.80. The Morgan fingerprint density at radius 1 is 1.38 bits per heavy atom. The monoisotopic (exact) mass is 295 g/mol. The van der Waals surface area contributed by atoms with E-state index in [2.05, 4.69) is 5.32 Å². The molecule has 1 heterocycles. The largest absolute Gasteiger partial charge is 0.386 e. The van der Waals surface area contributed by atoms with Crippen molar-refractivity contribution in [3.05, 3.63) is 33.6 Å². The highest BCUT2D eigenvalue weighted by molar-refractivity contribution is 5.99. The molecule has 2 rings (SSSR count). The molecule has 1 aliphatic rings. The van der Waals surface area contributed by atoms with Gasteiger partial charge >= 0.3 is 0 Å². The molecule has 2 unspecified atom stereocenters. The number of nitro groups is 1.